The maximum absolute atomic E-state index is 12.0. The van der Waals surface area contributed by atoms with E-state index < -0.39 is 13.9 Å². The molecule has 136 valence electrons. The Labute approximate surface area is 144 Å². The number of carbonyl (C=O) groups excluding carboxylic acids is 1. The van der Waals surface area contributed by atoms with E-state index in [1.165, 1.54) is 0 Å². The third-order valence-electron chi connectivity index (χ3n) is 4.09. The van der Waals surface area contributed by atoms with Crippen molar-refractivity contribution in [3.8, 4) is 0 Å². The molecule has 5 heteroatoms. The molecule has 0 radical (unpaired) electrons. The molecule has 0 saturated heterocycles. The van der Waals surface area contributed by atoms with Crippen LogP contribution in [0.15, 0.2) is 12.7 Å². The number of nitrogens with one attached hydrogen (secondary N) is 1. The lowest BCUT2D eigenvalue weighted by molar-refractivity contribution is 0.0489. The lowest BCUT2D eigenvalue weighted by atomic mass is 10.1. The van der Waals surface area contributed by atoms with Crippen LogP contribution in [-0.4, -0.2) is 32.2 Å². The number of hydrogen-bond donors (Lipinski definition) is 1. The molecule has 0 aliphatic rings. The molecule has 23 heavy (non-hydrogen) atoms. The molecule has 0 rings (SSSR count). The fourth-order valence-electron chi connectivity index (χ4n) is 2.02. The maximum Gasteiger partial charge on any atom is 0.407 e. The van der Waals surface area contributed by atoms with Gasteiger partial charge in [-0.3, -0.25) is 0 Å². The summed E-state index contributed by atoms with van der Waals surface area (Å²) in [4.78, 5) is 12.0. The average Bonchev–Trinajstić information content (AvgIpc) is 2.23. The van der Waals surface area contributed by atoms with E-state index in [0.29, 0.717) is 6.42 Å². The van der Waals surface area contributed by atoms with Crippen molar-refractivity contribution in [2.75, 3.05) is 0 Å². The molecular formula is C18H37NO3Si. The van der Waals surface area contributed by atoms with Gasteiger partial charge in [-0.1, -0.05) is 26.8 Å². The highest BCUT2D eigenvalue weighted by Gasteiger charge is 2.38. The van der Waals surface area contributed by atoms with E-state index in [2.05, 4.69) is 52.7 Å². The predicted octanol–water partition coefficient (Wildman–Crippen LogP) is 5.26. The second-order valence-corrected chi connectivity index (χ2v) is 13.5. The van der Waals surface area contributed by atoms with Gasteiger partial charge >= 0.3 is 6.09 Å². The number of amides is 1. The molecule has 1 amide bonds. The summed E-state index contributed by atoms with van der Waals surface area (Å²) in [5.41, 5.74) is -0.494. The molecule has 0 heterocycles. The summed E-state index contributed by atoms with van der Waals surface area (Å²) < 4.78 is 11.7. The molecule has 2 atom stereocenters. The topological polar surface area (TPSA) is 47.6 Å². The zero-order chi connectivity index (χ0) is 18.5. The summed E-state index contributed by atoms with van der Waals surface area (Å²) in [6.07, 6.45) is 2.96. The Bertz CT molecular complexity index is 394. The van der Waals surface area contributed by atoms with Crippen molar-refractivity contribution >= 4 is 14.4 Å². The predicted molar refractivity (Wildman–Crippen MR) is 100 cm³/mol. The van der Waals surface area contributed by atoms with E-state index in [9.17, 15) is 4.79 Å². The fraction of sp³-hybridized carbons (Fsp3) is 0.833. The van der Waals surface area contributed by atoms with Crippen LogP contribution in [0.3, 0.4) is 0 Å². The van der Waals surface area contributed by atoms with Gasteiger partial charge in [0.25, 0.3) is 0 Å². The summed E-state index contributed by atoms with van der Waals surface area (Å²) in [5, 5.41) is 3.11. The van der Waals surface area contributed by atoms with Crippen molar-refractivity contribution in [3.05, 3.63) is 12.7 Å². The van der Waals surface area contributed by atoms with Gasteiger partial charge in [0, 0.05) is 12.1 Å². The van der Waals surface area contributed by atoms with Crippen LogP contribution >= 0.6 is 0 Å². The average molecular weight is 344 g/mol. The van der Waals surface area contributed by atoms with E-state index in [1.807, 2.05) is 26.8 Å². The Morgan fingerprint density at radius 2 is 1.74 bits per heavy atom. The van der Waals surface area contributed by atoms with E-state index in [-0.39, 0.29) is 23.3 Å². The number of ether oxygens (including phenoxy) is 1. The molecule has 1 N–H and O–H groups in total. The number of alkyl carbamates (subject to hydrolysis) is 1. The molecule has 0 fully saturated rings. The Hall–Kier alpha value is -0.813. The SMILES string of the molecule is C=CC[C@@H](C[C@H](C)O[Si](C)(C)C(C)(C)C)NC(=O)OC(C)(C)C. The minimum absolute atomic E-state index is 0.0258. The quantitative estimate of drug-likeness (QED) is 0.507. The van der Waals surface area contributed by atoms with Gasteiger partial charge in [0.2, 0.25) is 0 Å². The molecule has 0 bridgehead atoms. The van der Waals surface area contributed by atoms with Crippen LogP contribution in [-0.2, 0) is 9.16 Å². The van der Waals surface area contributed by atoms with Gasteiger partial charge in [0.05, 0.1) is 0 Å². The molecule has 4 nitrogen and oxygen atoms in total. The van der Waals surface area contributed by atoms with Crippen LogP contribution in [0.25, 0.3) is 0 Å². The molecular weight excluding hydrogens is 306 g/mol. The molecule has 0 aromatic heterocycles. The van der Waals surface area contributed by atoms with Gasteiger partial charge in [0.15, 0.2) is 8.32 Å². The number of rotatable bonds is 7. The minimum atomic E-state index is -1.81. The first-order valence-electron chi connectivity index (χ1n) is 8.46. The molecule has 0 aromatic rings. The molecule has 0 unspecified atom stereocenters. The molecule has 0 saturated carbocycles. The second-order valence-electron chi connectivity index (χ2n) is 8.79. The monoisotopic (exact) mass is 343 g/mol. The Morgan fingerprint density at radius 3 is 2.13 bits per heavy atom. The molecule has 0 aliphatic carbocycles. The van der Waals surface area contributed by atoms with Gasteiger partial charge in [-0.05, 0) is 58.7 Å². The van der Waals surface area contributed by atoms with Crippen LogP contribution in [0, 0.1) is 0 Å². The number of carbonyl (C=O) groups is 1. The Morgan fingerprint density at radius 1 is 1.22 bits per heavy atom. The maximum atomic E-state index is 12.0. The Kier molecular flexibility index (Phi) is 8.04. The van der Waals surface area contributed by atoms with Crippen LogP contribution in [0.2, 0.25) is 18.1 Å². The third kappa shape index (κ3) is 9.16. The van der Waals surface area contributed by atoms with E-state index in [4.69, 9.17) is 9.16 Å². The van der Waals surface area contributed by atoms with Crippen molar-refractivity contribution in [1.82, 2.24) is 5.32 Å². The van der Waals surface area contributed by atoms with Gasteiger partial charge < -0.3 is 14.5 Å². The normalized spacial score (nSPS) is 15.7. The van der Waals surface area contributed by atoms with Gasteiger partial charge in [0.1, 0.15) is 5.60 Å². The van der Waals surface area contributed by atoms with E-state index in [1.54, 1.807) is 0 Å². The smallest absolute Gasteiger partial charge is 0.407 e. The van der Waals surface area contributed by atoms with Crippen molar-refractivity contribution < 1.29 is 14.0 Å². The van der Waals surface area contributed by atoms with Crippen LogP contribution in [0.4, 0.5) is 4.79 Å². The van der Waals surface area contributed by atoms with E-state index >= 15 is 0 Å². The summed E-state index contributed by atoms with van der Waals surface area (Å²) >= 11 is 0. The van der Waals surface area contributed by atoms with Gasteiger partial charge in [-0.2, -0.15) is 0 Å². The summed E-state index contributed by atoms with van der Waals surface area (Å²) in [5.74, 6) is 0. The molecule has 0 aliphatic heterocycles. The molecule has 0 aromatic carbocycles. The first-order valence-corrected chi connectivity index (χ1v) is 11.4. The largest absolute Gasteiger partial charge is 0.444 e. The van der Waals surface area contributed by atoms with Crippen molar-refractivity contribution in [2.45, 2.75) is 97.2 Å². The Balaban J connectivity index is 4.69. The highest BCUT2D eigenvalue weighted by Crippen LogP contribution is 2.37. The zero-order valence-electron chi connectivity index (χ0n) is 16.6. The van der Waals surface area contributed by atoms with E-state index in [0.717, 1.165) is 6.42 Å². The minimum Gasteiger partial charge on any atom is -0.444 e. The lowest BCUT2D eigenvalue weighted by Crippen LogP contribution is -2.46. The highest BCUT2D eigenvalue weighted by molar-refractivity contribution is 6.74. The highest BCUT2D eigenvalue weighted by atomic mass is 28.4. The lowest BCUT2D eigenvalue weighted by Gasteiger charge is -2.39. The van der Waals surface area contributed by atoms with Gasteiger partial charge in [-0.15, -0.1) is 6.58 Å². The summed E-state index contributed by atoms with van der Waals surface area (Å²) in [6, 6.07) is -0.0258. The number of hydrogen-bond acceptors (Lipinski definition) is 3. The zero-order valence-corrected chi connectivity index (χ0v) is 17.6. The standard InChI is InChI=1S/C18H37NO3Si/c1-11-12-15(19-16(20)21-17(3,4)5)13-14(2)22-23(9,10)18(6,7)8/h11,14-15H,1,12-13H2,2-10H3,(H,19,20)/t14-,15-/m0/s1. The third-order valence-corrected chi connectivity index (χ3v) is 8.69. The van der Waals surface area contributed by atoms with Gasteiger partial charge in [-0.25, -0.2) is 4.79 Å². The van der Waals surface area contributed by atoms with Crippen LogP contribution < -0.4 is 5.32 Å². The van der Waals surface area contributed by atoms with Crippen LogP contribution in [0.5, 0.6) is 0 Å². The molecule has 0 spiro atoms. The fourth-order valence-corrected chi connectivity index (χ4v) is 3.47. The first-order chi connectivity index (χ1) is 10.2. The van der Waals surface area contributed by atoms with Crippen LogP contribution in [0.1, 0.15) is 61.3 Å². The summed E-state index contributed by atoms with van der Waals surface area (Å²) in [7, 11) is -1.81. The first kappa shape index (κ1) is 22.2. The van der Waals surface area contributed by atoms with Crippen molar-refractivity contribution in [3.63, 3.8) is 0 Å². The second kappa shape index (κ2) is 8.33. The summed E-state index contributed by atoms with van der Waals surface area (Å²) in [6.45, 7) is 22.6. The van der Waals surface area contributed by atoms with Crippen molar-refractivity contribution in [2.24, 2.45) is 0 Å². The van der Waals surface area contributed by atoms with Crippen molar-refractivity contribution in [1.29, 1.82) is 0 Å².